The van der Waals surface area contributed by atoms with E-state index < -0.39 is 21.7 Å². The van der Waals surface area contributed by atoms with Crippen LogP contribution in [0, 0.1) is 0 Å². The maximum absolute atomic E-state index is 10.5. The predicted octanol–water partition coefficient (Wildman–Crippen LogP) is -0.967. The second-order valence-electron chi connectivity index (χ2n) is 3.10. The number of nitrogens with one attached hydrogen (secondary N) is 1. The van der Waals surface area contributed by atoms with Crippen LogP contribution in [0.15, 0.2) is 0 Å². The summed E-state index contributed by atoms with van der Waals surface area (Å²) >= 11 is 0. The van der Waals surface area contributed by atoms with Crippen molar-refractivity contribution in [3.05, 3.63) is 0 Å². The molecular weight excluding hydrogens is 184 g/mol. The third-order valence-corrected chi connectivity index (χ3v) is 1.85. The van der Waals surface area contributed by atoms with E-state index in [9.17, 15) is 13.2 Å². The van der Waals surface area contributed by atoms with E-state index in [2.05, 4.69) is 5.14 Å². The highest BCUT2D eigenvalue weighted by Crippen LogP contribution is 2.08. The van der Waals surface area contributed by atoms with Crippen molar-refractivity contribution in [1.82, 2.24) is 4.72 Å². The summed E-state index contributed by atoms with van der Waals surface area (Å²) < 4.78 is 23.0. The molecule has 0 spiro atoms. The molecule has 0 aliphatic heterocycles. The first-order chi connectivity index (χ1) is 5.12. The van der Waals surface area contributed by atoms with Crippen LogP contribution in [0.2, 0.25) is 0 Å². The van der Waals surface area contributed by atoms with E-state index >= 15 is 0 Å². The minimum absolute atomic E-state index is 0.316. The Morgan fingerprint density at radius 2 is 2.00 bits per heavy atom. The van der Waals surface area contributed by atoms with Crippen molar-refractivity contribution in [2.24, 2.45) is 5.14 Å². The Hall–Kier alpha value is -0.660. The molecule has 4 N–H and O–H groups in total. The smallest absolute Gasteiger partial charge is 0.305 e. The molecule has 0 fully saturated rings. The number of carboxylic acid groups (broad SMARTS) is 1. The number of hydrogen-bond donors (Lipinski definition) is 3. The lowest BCUT2D eigenvalue weighted by molar-refractivity contribution is -0.138. The van der Waals surface area contributed by atoms with Gasteiger partial charge in [0.2, 0.25) is 0 Å². The van der Waals surface area contributed by atoms with Gasteiger partial charge in [0.05, 0.1) is 6.42 Å². The molecule has 0 amide bonds. The maximum atomic E-state index is 10.5. The van der Waals surface area contributed by atoms with Crippen molar-refractivity contribution in [3.63, 3.8) is 0 Å². The second kappa shape index (κ2) is 3.38. The van der Waals surface area contributed by atoms with Crippen LogP contribution in [0.3, 0.4) is 0 Å². The molecule has 0 rings (SSSR count). The van der Waals surface area contributed by atoms with E-state index in [1.807, 2.05) is 4.72 Å². The topological polar surface area (TPSA) is 109 Å². The zero-order valence-electron chi connectivity index (χ0n) is 6.86. The van der Waals surface area contributed by atoms with Gasteiger partial charge >= 0.3 is 5.97 Å². The standard InChI is InChI=1S/C5H12N2O4S/c1-5(2,3-4(8)9)7-12(6,10)11/h7H,3H2,1-2H3,(H,8,9)(H2,6,10,11). The maximum Gasteiger partial charge on any atom is 0.305 e. The Morgan fingerprint density at radius 3 is 2.25 bits per heavy atom. The van der Waals surface area contributed by atoms with Gasteiger partial charge < -0.3 is 5.11 Å². The van der Waals surface area contributed by atoms with Crippen molar-refractivity contribution in [2.45, 2.75) is 25.8 Å². The lowest BCUT2D eigenvalue weighted by atomic mass is 10.0. The molecule has 0 aromatic heterocycles. The zero-order chi connectivity index (χ0) is 9.99. The van der Waals surface area contributed by atoms with Crippen LogP contribution < -0.4 is 9.86 Å². The van der Waals surface area contributed by atoms with Crippen LogP contribution in [0.4, 0.5) is 0 Å². The van der Waals surface area contributed by atoms with Crippen molar-refractivity contribution >= 4 is 16.2 Å². The number of hydrogen-bond acceptors (Lipinski definition) is 3. The summed E-state index contributed by atoms with van der Waals surface area (Å²) in [5.74, 6) is -1.09. The van der Waals surface area contributed by atoms with Crippen molar-refractivity contribution < 1.29 is 18.3 Å². The number of aliphatic carboxylic acids is 1. The highest BCUT2D eigenvalue weighted by Gasteiger charge is 2.25. The van der Waals surface area contributed by atoms with Crippen molar-refractivity contribution in [3.8, 4) is 0 Å². The van der Waals surface area contributed by atoms with E-state index in [1.54, 1.807) is 0 Å². The molecule has 0 saturated heterocycles. The molecule has 0 atom stereocenters. The molecule has 0 saturated carbocycles. The molecule has 6 nitrogen and oxygen atoms in total. The van der Waals surface area contributed by atoms with Gasteiger partial charge in [0.15, 0.2) is 0 Å². The van der Waals surface area contributed by atoms with E-state index in [0.29, 0.717) is 0 Å². The van der Waals surface area contributed by atoms with Crippen LogP contribution in [-0.2, 0) is 15.0 Å². The van der Waals surface area contributed by atoms with Crippen LogP contribution in [0.25, 0.3) is 0 Å². The van der Waals surface area contributed by atoms with Gasteiger partial charge in [0.25, 0.3) is 10.2 Å². The third-order valence-electron chi connectivity index (χ3n) is 1.01. The van der Waals surface area contributed by atoms with Gasteiger partial charge in [-0.3, -0.25) is 4.79 Å². The van der Waals surface area contributed by atoms with Crippen LogP contribution >= 0.6 is 0 Å². The lowest BCUT2D eigenvalue weighted by Crippen LogP contribution is -2.47. The van der Waals surface area contributed by atoms with E-state index in [-0.39, 0.29) is 6.42 Å². The summed E-state index contributed by atoms with van der Waals surface area (Å²) in [5.41, 5.74) is -1.06. The fraction of sp³-hybridized carbons (Fsp3) is 0.800. The van der Waals surface area contributed by atoms with Crippen LogP contribution in [-0.4, -0.2) is 25.0 Å². The molecule has 0 bridgehead atoms. The summed E-state index contributed by atoms with van der Waals surface area (Å²) in [4.78, 5) is 10.2. The molecule has 0 aromatic carbocycles. The van der Waals surface area contributed by atoms with Crippen molar-refractivity contribution in [2.75, 3.05) is 0 Å². The average molecular weight is 196 g/mol. The molecule has 0 radical (unpaired) electrons. The first-order valence-corrected chi connectivity index (χ1v) is 4.70. The highest BCUT2D eigenvalue weighted by molar-refractivity contribution is 7.87. The van der Waals surface area contributed by atoms with E-state index in [4.69, 9.17) is 5.11 Å². The Balaban J connectivity index is 4.33. The number of carbonyl (C=O) groups is 1. The van der Waals surface area contributed by atoms with E-state index in [0.717, 1.165) is 0 Å². The first-order valence-electron chi connectivity index (χ1n) is 3.16. The highest BCUT2D eigenvalue weighted by atomic mass is 32.2. The summed E-state index contributed by atoms with van der Waals surface area (Å²) in [6, 6.07) is 0. The quantitative estimate of drug-likeness (QED) is 0.537. The molecule has 0 aromatic rings. The summed E-state index contributed by atoms with van der Waals surface area (Å²) in [6.45, 7) is 2.87. The molecule has 0 heterocycles. The molecular formula is C5H12N2O4S. The largest absolute Gasteiger partial charge is 0.481 e. The lowest BCUT2D eigenvalue weighted by Gasteiger charge is -2.21. The van der Waals surface area contributed by atoms with Gasteiger partial charge in [-0.2, -0.15) is 13.1 Å². The number of nitrogens with two attached hydrogens (primary N) is 1. The summed E-state index contributed by atoms with van der Waals surface area (Å²) in [7, 11) is -3.84. The zero-order valence-corrected chi connectivity index (χ0v) is 7.68. The normalized spacial score (nSPS) is 12.9. The van der Waals surface area contributed by atoms with Gasteiger partial charge in [0.1, 0.15) is 0 Å². The first kappa shape index (κ1) is 11.3. The van der Waals surface area contributed by atoms with Gasteiger partial charge in [-0.25, -0.2) is 5.14 Å². The Bertz CT molecular complexity index is 269. The Labute approximate surface area is 70.9 Å². The Morgan fingerprint density at radius 1 is 1.58 bits per heavy atom. The van der Waals surface area contributed by atoms with E-state index in [1.165, 1.54) is 13.8 Å². The second-order valence-corrected chi connectivity index (χ2v) is 4.40. The van der Waals surface area contributed by atoms with Crippen LogP contribution in [0.5, 0.6) is 0 Å². The van der Waals surface area contributed by atoms with Gasteiger partial charge in [-0.15, -0.1) is 0 Å². The van der Waals surface area contributed by atoms with Crippen molar-refractivity contribution in [1.29, 1.82) is 0 Å². The molecule has 0 aliphatic carbocycles. The number of rotatable bonds is 4. The minimum atomic E-state index is -3.84. The summed E-state index contributed by atoms with van der Waals surface area (Å²) in [5, 5.41) is 13.0. The molecule has 0 aliphatic rings. The molecule has 0 unspecified atom stereocenters. The predicted molar refractivity (Wildman–Crippen MR) is 42.6 cm³/mol. The molecule has 12 heavy (non-hydrogen) atoms. The van der Waals surface area contributed by atoms with Gasteiger partial charge in [-0.1, -0.05) is 0 Å². The van der Waals surface area contributed by atoms with Crippen LogP contribution in [0.1, 0.15) is 20.3 Å². The third kappa shape index (κ3) is 6.08. The number of carboxylic acids is 1. The SMILES string of the molecule is CC(C)(CC(=O)O)NS(N)(=O)=O. The van der Waals surface area contributed by atoms with Gasteiger partial charge in [-0.05, 0) is 13.8 Å². The van der Waals surface area contributed by atoms with Gasteiger partial charge in [0, 0.05) is 5.54 Å². The molecule has 72 valence electrons. The monoisotopic (exact) mass is 196 g/mol. The average Bonchev–Trinajstić information content (AvgIpc) is 1.48. The minimum Gasteiger partial charge on any atom is -0.481 e. The Kier molecular flexibility index (Phi) is 3.19. The summed E-state index contributed by atoms with van der Waals surface area (Å²) in [6.07, 6.45) is -0.316. The molecule has 7 heteroatoms. The fourth-order valence-electron chi connectivity index (χ4n) is 0.799. The fourth-order valence-corrected chi connectivity index (χ4v) is 1.64.